The number of nitrogens with zero attached hydrogens (tertiary/aromatic N) is 2. The van der Waals surface area contributed by atoms with E-state index in [2.05, 4.69) is 94.4 Å². The Hall–Kier alpha value is -2.86. The molecule has 0 saturated carbocycles. The van der Waals surface area contributed by atoms with Gasteiger partial charge in [-0.3, -0.25) is 0 Å². The number of rotatable bonds is 5. The minimum absolute atomic E-state index is 0.383. The van der Waals surface area contributed by atoms with Crippen molar-refractivity contribution in [2.24, 2.45) is 5.10 Å². The van der Waals surface area contributed by atoms with Crippen LogP contribution in [0.15, 0.2) is 58.1 Å². The van der Waals surface area contributed by atoms with Crippen molar-refractivity contribution in [2.45, 2.75) is 40.5 Å². The zero-order valence-corrected chi connectivity index (χ0v) is 19.5. The van der Waals surface area contributed by atoms with Crippen molar-refractivity contribution < 1.29 is 4.79 Å². The number of aryl methyl sites for hydroxylation is 2. The van der Waals surface area contributed by atoms with Gasteiger partial charge in [-0.1, -0.05) is 41.9 Å². The van der Waals surface area contributed by atoms with E-state index < -0.39 is 0 Å². The topological polar surface area (TPSA) is 58.4 Å². The fourth-order valence-electron chi connectivity index (χ4n) is 3.37. The maximum atomic E-state index is 12.1. The molecule has 0 aliphatic carbocycles. The third-order valence-electron chi connectivity index (χ3n) is 5.07. The SMILES string of the molecule is Cc1cc(NC(=O)N/N=C/c2cc(C)n(-c3ccc(C(C)C)cc3)c2C)ccc1Br. The fraction of sp³-hybridized carbons (Fsp3) is 0.250. The van der Waals surface area contributed by atoms with Crippen molar-refractivity contribution in [3.63, 3.8) is 0 Å². The molecule has 0 spiro atoms. The molecule has 30 heavy (non-hydrogen) atoms. The number of hydrogen-bond donors (Lipinski definition) is 2. The number of amides is 2. The summed E-state index contributed by atoms with van der Waals surface area (Å²) in [7, 11) is 0. The largest absolute Gasteiger partial charge is 0.339 e. The highest BCUT2D eigenvalue weighted by atomic mass is 79.9. The smallest absolute Gasteiger partial charge is 0.318 e. The lowest BCUT2D eigenvalue weighted by molar-refractivity contribution is 0.252. The molecule has 0 bridgehead atoms. The molecule has 0 saturated heterocycles. The van der Waals surface area contributed by atoms with Crippen molar-refractivity contribution in [1.82, 2.24) is 9.99 Å². The predicted molar refractivity (Wildman–Crippen MR) is 128 cm³/mol. The van der Waals surface area contributed by atoms with Gasteiger partial charge in [0.15, 0.2) is 0 Å². The number of benzene rings is 2. The molecule has 5 nitrogen and oxygen atoms in total. The predicted octanol–water partition coefficient (Wildman–Crippen LogP) is 6.44. The molecule has 3 aromatic rings. The minimum Gasteiger partial charge on any atom is -0.318 e. The quantitative estimate of drug-likeness (QED) is 0.329. The van der Waals surface area contributed by atoms with Crippen molar-refractivity contribution in [3.8, 4) is 5.69 Å². The summed E-state index contributed by atoms with van der Waals surface area (Å²) in [5.41, 5.74) is 9.86. The molecular formula is C24H27BrN4O. The Balaban J connectivity index is 1.69. The van der Waals surface area contributed by atoms with Crippen molar-refractivity contribution >= 4 is 33.9 Å². The van der Waals surface area contributed by atoms with E-state index in [4.69, 9.17) is 0 Å². The second-order valence-electron chi connectivity index (χ2n) is 7.70. The summed E-state index contributed by atoms with van der Waals surface area (Å²) in [4.78, 5) is 12.1. The maximum absolute atomic E-state index is 12.1. The Bertz CT molecular complexity index is 1080. The van der Waals surface area contributed by atoms with Gasteiger partial charge in [0.05, 0.1) is 6.21 Å². The highest BCUT2D eigenvalue weighted by Crippen LogP contribution is 2.22. The van der Waals surface area contributed by atoms with Gasteiger partial charge in [-0.05, 0) is 74.2 Å². The Kier molecular flexibility index (Phi) is 6.77. The molecule has 1 heterocycles. The van der Waals surface area contributed by atoms with Crippen LogP contribution in [0.5, 0.6) is 0 Å². The first-order valence-electron chi connectivity index (χ1n) is 9.91. The van der Waals surface area contributed by atoms with Crippen LogP contribution in [0.25, 0.3) is 5.69 Å². The van der Waals surface area contributed by atoms with Gasteiger partial charge in [-0.2, -0.15) is 5.10 Å². The van der Waals surface area contributed by atoms with Crippen LogP contribution in [-0.2, 0) is 0 Å². The average molecular weight is 467 g/mol. The lowest BCUT2D eigenvalue weighted by Crippen LogP contribution is -2.24. The summed E-state index contributed by atoms with van der Waals surface area (Å²) < 4.78 is 3.19. The van der Waals surface area contributed by atoms with Crippen molar-refractivity contribution in [2.75, 3.05) is 5.32 Å². The zero-order valence-electron chi connectivity index (χ0n) is 18.0. The first-order valence-corrected chi connectivity index (χ1v) is 10.7. The summed E-state index contributed by atoms with van der Waals surface area (Å²) in [6.07, 6.45) is 1.67. The maximum Gasteiger partial charge on any atom is 0.339 e. The van der Waals surface area contributed by atoms with Gasteiger partial charge in [-0.25, -0.2) is 10.2 Å². The number of carbonyl (C=O) groups excluding carboxylic acids is 1. The molecule has 0 fully saturated rings. The summed E-state index contributed by atoms with van der Waals surface area (Å²) in [6, 6.07) is 15.9. The fourth-order valence-corrected chi connectivity index (χ4v) is 3.61. The number of anilines is 1. The molecule has 0 aliphatic heterocycles. The highest BCUT2D eigenvalue weighted by Gasteiger charge is 2.10. The Morgan fingerprint density at radius 3 is 2.40 bits per heavy atom. The Morgan fingerprint density at radius 2 is 1.77 bits per heavy atom. The van der Waals surface area contributed by atoms with Crippen molar-refractivity contribution in [3.05, 3.63) is 81.1 Å². The molecular weight excluding hydrogens is 440 g/mol. The zero-order chi connectivity index (χ0) is 21.8. The van der Waals surface area contributed by atoms with Gasteiger partial charge in [0.25, 0.3) is 0 Å². The van der Waals surface area contributed by atoms with E-state index >= 15 is 0 Å². The van der Waals surface area contributed by atoms with Crippen LogP contribution in [0.1, 0.15) is 47.8 Å². The number of urea groups is 1. The summed E-state index contributed by atoms with van der Waals surface area (Å²) in [5.74, 6) is 0.507. The second-order valence-corrected chi connectivity index (χ2v) is 8.55. The van der Waals surface area contributed by atoms with E-state index in [9.17, 15) is 4.79 Å². The van der Waals surface area contributed by atoms with E-state index in [-0.39, 0.29) is 6.03 Å². The molecule has 1 aromatic heterocycles. The first kappa shape index (κ1) is 21.8. The number of carbonyl (C=O) groups is 1. The van der Waals surface area contributed by atoms with Crippen LogP contribution in [0.2, 0.25) is 0 Å². The average Bonchev–Trinajstić information content (AvgIpc) is 2.98. The van der Waals surface area contributed by atoms with Gasteiger partial charge in [0.1, 0.15) is 0 Å². The van der Waals surface area contributed by atoms with Gasteiger partial charge >= 0.3 is 6.03 Å². The Morgan fingerprint density at radius 1 is 1.07 bits per heavy atom. The number of nitrogens with one attached hydrogen (secondary N) is 2. The lowest BCUT2D eigenvalue weighted by Gasteiger charge is -2.12. The number of halogens is 1. The highest BCUT2D eigenvalue weighted by molar-refractivity contribution is 9.10. The summed E-state index contributed by atoms with van der Waals surface area (Å²) in [6.45, 7) is 10.5. The Labute approximate surface area is 186 Å². The van der Waals surface area contributed by atoms with E-state index in [0.717, 1.165) is 32.7 Å². The van der Waals surface area contributed by atoms with E-state index in [0.29, 0.717) is 11.6 Å². The van der Waals surface area contributed by atoms with E-state index in [1.54, 1.807) is 6.21 Å². The van der Waals surface area contributed by atoms with Gasteiger partial charge in [0.2, 0.25) is 0 Å². The second kappa shape index (κ2) is 9.30. The van der Waals surface area contributed by atoms with Crippen LogP contribution < -0.4 is 10.7 Å². The standard InChI is InChI=1S/C24H27BrN4O/c1-15(2)19-6-9-22(10-7-19)29-17(4)13-20(18(29)5)14-26-28-24(30)27-21-8-11-23(25)16(3)12-21/h6-15H,1-5H3,(H2,27,28,30)/b26-14+. The first-order chi connectivity index (χ1) is 14.3. The molecule has 3 rings (SSSR count). The molecule has 2 N–H and O–H groups in total. The van der Waals surface area contributed by atoms with E-state index in [1.807, 2.05) is 25.1 Å². The van der Waals surface area contributed by atoms with Gasteiger partial charge in [0, 0.05) is 32.8 Å². The molecule has 0 unspecified atom stereocenters. The third kappa shape index (κ3) is 5.00. The normalized spacial score (nSPS) is 11.3. The molecule has 2 amide bonds. The summed E-state index contributed by atoms with van der Waals surface area (Å²) >= 11 is 3.45. The molecule has 2 aromatic carbocycles. The van der Waals surface area contributed by atoms with Crippen LogP contribution in [0.4, 0.5) is 10.5 Å². The molecule has 0 aliphatic rings. The third-order valence-corrected chi connectivity index (χ3v) is 5.96. The van der Waals surface area contributed by atoms with Crippen LogP contribution >= 0.6 is 15.9 Å². The molecule has 156 valence electrons. The van der Waals surface area contributed by atoms with Crippen molar-refractivity contribution in [1.29, 1.82) is 0 Å². The summed E-state index contributed by atoms with van der Waals surface area (Å²) in [5, 5.41) is 6.89. The number of hydrazone groups is 1. The number of hydrogen-bond acceptors (Lipinski definition) is 2. The van der Waals surface area contributed by atoms with Crippen LogP contribution in [0, 0.1) is 20.8 Å². The lowest BCUT2D eigenvalue weighted by atomic mass is 10.0. The minimum atomic E-state index is -0.383. The van der Waals surface area contributed by atoms with Gasteiger partial charge < -0.3 is 9.88 Å². The van der Waals surface area contributed by atoms with Gasteiger partial charge in [-0.15, -0.1) is 0 Å². The monoisotopic (exact) mass is 466 g/mol. The number of aromatic nitrogens is 1. The van der Waals surface area contributed by atoms with Crippen LogP contribution in [-0.4, -0.2) is 16.8 Å². The van der Waals surface area contributed by atoms with E-state index in [1.165, 1.54) is 5.56 Å². The van der Waals surface area contributed by atoms with Crippen LogP contribution in [0.3, 0.4) is 0 Å². The molecule has 0 radical (unpaired) electrons. The molecule has 6 heteroatoms. The molecule has 0 atom stereocenters.